The molecular formula is C25H25N5O3S. The predicted octanol–water partition coefficient (Wildman–Crippen LogP) is 4.45. The Morgan fingerprint density at radius 2 is 1.82 bits per heavy atom. The fourth-order valence-corrected chi connectivity index (χ4v) is 4.18. The van der Waals surface area contributed by atoms with Gasteiger partial charge in [0, 0.05) is 5.69 Å². The van der Waals surface area contributed by atoms with Crippen molar-refractivity contribution in [2.75, 3.05) is 11.1 Å². The molecule has 0 atom stereocenters. The average Bonchev–Trinajstić information content (AvgIpc) is 3.48. The van der Waals surface area contributed by atoms with Gasteiger partial charge in [0.2, 0.25) is 5.91 Å². The number of amides is 2. The van der Waals surface area contributed by atoms with Crippen LogP contribution in [0.4, 0.5) is 5.69 Å². The van der Waals surface area contributed by atoms with E-state index in [1.165, 1.54) is 18.0 Å². The highest BCUT2D eigenvalue weighted by Crippen LogP contribution is 2.25. The topological polar surface area (TPSA) is 102 Å². The van der Waals surface area contributed by atoms with Crippen molar-refractivity contribution in [2.24, 2.45) is 0 Å². The molecule has 0 saturated carbocycles. The van der Waals surface area contributed by atoms with Crippen molar-refractivity contribution >= 4 is 29.3 Å². The number of aryl methyl sites for hydroxylation is 3. The van der Waals surface area contributed by atoms with Crippen molar-refractivity contribution in [1.29, 1.82) is 0 Å². The second-order valence-electron chi connectivity index (χ2n) is 7.89. The SMILES string of the molecule is Cc1cccc(NC(=O)CSc2nnc(CNC(=O)c3ccco3)n2-c2cc(C)ccc2C)c1. The van der Waals surface area contributed by atoms with Gasteiger partial charge in [0.05, 0.1) is 24.2 Å². The number of aromatic nitrogens is 3. The van der Waals surface area contributed by atoms with Gasteiger partial charge in [-0.15, -0.1) is 10.2 Å². The summed E-state index contributed by atoms with van der Waals surface area (Å²) in [6, 6.07) is 17.0. The Kier molecular flexibility index (Phi) is 7.12. The molecule has 4 aromatic rings. The minimum absolute atomic E-state index is 0.140. The van der Waals surface area contributed by atoms with Crippen LogP contribution in [-0.4, -0.2) is 32.3 Å². The van der Waals surface area contributed by atoms with Crippen molar-refractivity contribution < 1.29 is 14.0 Å². The molecule has 174 valence electrons. The van der Waals surface area contributed by atoms with Crippen LogP contribution in [0, 0.1) is 20.8 Å². The first kappa shape index (κ1) is 23.3. The molecule has 8 nitrogen and oxygen atoms in total. The first-order chi connectivity index (χ1) is 16.4. The number of nitrogens with zero attached hydrogens (tertiary/aromatic N) is 3. The third-order valence-corrected chi connectivity index (χ3v) is 6.02. The maximum Gasteiger partial charge on any atom is 0.287 e. The van der Waals surface area contributed by atoms with Gasteiger partial charge >= 0.3 is 0 Å². The molecule has 2 aromatic carbocycles. The molecule has 2 amide bonds. The molecule has 4 rings (SSSR count). The van der Waals surface area contributed by atoms with Crippen LogP contribution in [0.3, 0.4) is 0 Å². The molecular weight excluding hydrogens is 450 g/mol. The zero-order valence-electron chi connectivity index (χ0n) is 19.2. The van der Waals surface area contributed by atoms with Gasteiger partial charge < -0.3 is 15.1 Å². The average molecular weight is 476 g/mol. The fourth-order valence-electron chi connectivity index (χ4n) is 3.41. The molecule has 2 N–H and O–H groups in total. The van der Waals surface area contributed by atoms with E-state index in [1.54, 1.807) is 12.1 Å². The summed E-state index contributed by atoms with van der Waals surface area (Å²) in [4.78, 5) is 24.9. The number of furan rings is 1. The van der Waals surface area contributed by atoms with Crippen LogP contribution < -0.4 is 10.6 Å². The van der Waals surface area contributed by atoms with Gasteiger partial charge in [0.15, 0.2) is 16.7 Å². The monoisotopic (exact) mass is 475 g/mol. The molecule has 2 aromatic heterocycles. The lowest BCUT2D eigenvalue weighted by molar-refractivity contribution is -0.113. The number of nitrogens with one attached hydrogen (secondary N) is 2. The molecule has 0 aliphatic rings. The lowest BCUT2D eigenvalue weighted by Gasteiger charge is -2.14. The van der Waals surface area contributed by atoms with Crippen molar-refractivity contribution in [3.05, 3.63) is 89.1 Å². The summed E-state index contributed by atoms with van der Waals surface area (Å²) in [6.07, 6.45) is 1.45. The Morgan fingerprint density at radius 3 is 2.59 bits per heavy atom. The Bertz CT molecular complexity index is 1310. The summed E-state index contributed by atoms with van der Waals surface area (Å²) in [7, 11) is 0. The quantitative estimate of drug-likeness (QED) is 0.365. The summed E-state index contributed by atoms with van der Waals surface area (Å²) in [5.74, 6) is 0.455. The van der Waals surface area contributed by atoms with E-state index >= 15 is 0 Å². The lowest BCUT2D eigenvalue weighted by atomic mass is 10.1. The van der Waals surface area contributed by atoms with Crippen LogP contribution in [0.2, 0.25) is 0 Å². The molecule has 34 heavy (non-hydrogen) atoms. The Labute approximate surface area is 201 Å². The van der Waals surface area contributed by atoms with Crippen LogP contribution in [0.1, 0.15) is 33.1 Å². The number of hydrogen-bond acceptors (Lipinski definition) is 6. The maximum atomic E-state index is 12.6. The number of rotatable bonds is 8. The number of benzene rings is 2. The summed E-state index contributed by atoms with van der Waals surface area (Å²) in [5.41, 5.74) is 4.82. The lowest BCUT2D eigenvalue weighted by Crippen LogP contribution is -2.24. The van der Waals surface area contributed by atoms with Crippen molar-refractivity contribution in [3.63, 3.8) is 0 Å². The van der Waals surface area contributed by atoms with E-state index in [-0.39, 0.29) is 29.9 Å². The first-order valence-electron chi connectivity index (χ1n) is 10.7. The van der Waals surface area contributed by atoms with E-state index in [2.05, 4.69) is 20.8 Å². The highest BCUT2D eigenvalue weighted by atomic mass is 32.2. The molecule has 2 heterocycles. The van der Waals surface area contributed by atoms with Crippen molar-refractivity contribution in [3.8, 4) is 5.69 Å². The first-order valence-corrected chi connectivity index (χ1v) is 11.7. The van der Waals surface area contributed by atoms with Crippen LogP contribution in [0.25, 0.3) is 5.69 Å². The molecule has 0 spiro atoms. The molecule has 0 aliphatic carbocycles. The molecule has 0 aliphatic heterocycles. The zero-order valence-corrected chi connectivity index (χ0v) is 20.0. The highest BCUT2D eigenvalue weighted by molar-refractivity contribution is 7.99. The maximum absolute atomic E-state index is 12.6. The van der Waals surface area contributed by atoms with Gasteiger partial charge in [-0.3, -0.25) is 14.2 Å². The second kappa shape index (κ2) is 10.4. The fraction of sp³-hybridized carbons (Fsp3) is 0.200. The molecule has 0 bridgehead atoms. The van der Waals surface area contributed by atoms with Crippen LogP contribution >= 0.6 is 11.8 Å². The summed E-state index contributed by atoms with van der Waals surface area (Å²) in [6.45, 7) is 6.13. The zero-order chi connectivity index (χ0) is 24.1. The normalized spacial score (nSPS) is 10.8. The van der Waals surface area contributed by atoms with Crippen molar-refractivity contribution in [1.82, 2.24) is 20.1 Å². The Hall–Kier alpha value is -3.85. The van der Waals surface area contributed by atoms with Gasteiger partial charge in [-0.05, 0) is 67.8 Å². The number of carbonyl (C=O) groups excluding carboxylic acids is 2. The van der Waals surface area contributed by atoms with E-state index in [0.29, 0.717) is 11.0 Å². The number of anilines is 1. The third-order valence-electron chi connectivity index (χ3n) is 5.09. The largest absolute Gasteiger partial charge is 0.459 e. The van der Waals surface area contributed by atoms with E-state index in [9.17, 15) is 9.59 Å². The van der Waals surface area contributed by atoms with E-state index in [0.717, 1.165) is 28.1 Å². The minimum Gasteiger partial charge on any atom is -0.459 e. The van der Waals surface area contributed by atoms with Crippen LogP contribution in [0.15, 0.2) is 70.4 Å². The molecule has 0 radical (unpaired) electrons. The van der Waals surface area contributed by atoms with Gasteiger partial charge in [0.1, 0.15) is 0 Å². The second-order valence-corrected chi connectivity index (χ2v) is 8.83. The van der Waals surface area contributed by atoms with E-state index in [1.807, 2.05) is 67.8 Å². The molecule has 0 saturated heterocycles. The van der Waals surface area contributed by atoms with Gasteiger partial charge in [0.25, 0.3) is 5.91 Å². The summed E-state index contributed by atoms with van der Waals surface area (Å²) >= 11 is 1.29. The van der Waals surface area contributed by atoms with Gasteiger partial charge in [-0.1, -0.05) is 36.0 Å². The summed E-state index contributed by atoms with van der Waals surface area (Å²) < 4.78 is 7.04. The molecule has 0 unspecified atom stereocenters. The number of hydrogen-bond donors (Lipinski definition) is 2. The van der Waals surface area contributed by atoms with Crippen LogP contribution in [-0.2, 0) is 11.3 Å². The number of carbonyl (C=O) groups is 2. The standard InChI is InChI=1S/C25H25N5O3S/c1-16-6-4-7-19(12-16)27-23(31)15-34-25-29-28-22(14-26-24(32)21-8-5-11-33-21)30(25)20-13-17(2)9-10-18(20)3/h4-13H,14-15H2,1-3H3,(H,26,32)(H,27,31). The molecule has 0 fully saturated rings. The Morgan fingerprint density at radius 1 is 1.00 bits per heavy atom. The smallest absolute Gasteiger partial charge is 0.287 e. The van der Waals surface area contributed by atoms with E-state index in [4.69, 9.17) is 4.42 Å². The Balaban J connectivity index is 1.54. The van der Waals surface area contributed by atoms with Gasteiger partial charge in [-0.25, -0.2) is 0 Å². The third kappa shape index (κ3) is 5.55. The molecule has 9 heteroatoms. The van der Waals surface area contributed by atoms with Crippen molar-refractivity contribution in [2.45, 2.75) is 32.5 Å². The number of thioether (sulfide) groups is 1. The van der Waals surface area contributed by atoms with Crippen LogP contribution in [0.5, 0.6) is 0 Å². The highest BCUT2D eigenvalue weighted by Gasteiger charge is 2.19. The van der Waals surface area contributed by atoms with Gasteiger partial charge in [-0.2, -0.15) is 0 Å². The van der Waals surface area contributed by atoms with E-state index < -0.39 is 0 Å². The summed E-state index contributed by atoms with van der Waals surface area (Å²) in [5, 5.41) is 14.9. The predicted molar refractivity (Wildman–Crippen MR) is 131 cm³/mol. The minimum atomic E-state index is -0.341.